The van der Waals surface area contributed by atoms with E-state index in [2.05, 4.69) is 15.3 Å². The summed E-state index contributed by atoms with van der Waals surface area (Å²) in [5.41, 5.74) is 2.78. The normalized spacial score (nSPS) is 18.6. The van der Waals surface area contributed by atoms with Crippen molar-refractivity contribution >= 4 is 49.8 Å². The Hall–Kier alpha value is -3.78. The predicted octanol–water partition coefficient (Wildman–Crippen LogP) is 4.41. The van der Waals surface area contributed by atoms with Crippen molar-refractivity contribution in [1.29, 1.82) is 0 Å². The number of nitrogens with zero attached hydrogens (tertiary/aromatic N) is 4. The average Bonchev–Trinajstić information content (AvgIpc) is 3.23. The van der Waals surface area contributed by atoms with Gasteiger partial charge in [0.25, 0.3) is 5.91 Å². The monoisotopic (exact) mass is 481 g/mol. The van der Waals surface area contributed by atoms with Crippen LogP contribution in [0.3, 0.4) is 0 Å². The van der Waals surface area contributed by atoms with E-state index in [9.17, 15) is 9.59 Å². The maximum absolute atomic E-state index is 13.7. The lowest BCUT2D eigenvalue weighted by Crippen LogP contribution is -2.45. The highest BCUT2D eigenvalue weighted by Crippen LogP contribution is 2.55. The zero-order chi connectivity index (χ0) is 23.6. The number of benzene rings is 1. The fraction of sp³-hybridized carbons (Fsp3) is 0.259. The molecule has 0 radical (unpaired) electrons. The molecule has 1 saturated heterocycles. The van der Waals surface area contributed by atoms with Crippen LogP contribution in [0, 0.1) is 5.41 Å². The Morgan fingerprint density at radius 1 is 1.09 bits per heavy atom. The summed E-state index contributed by atoms with van der Waals surface area (Å²) >= 11 is 1.49. The summed E-state index contributed by atoms with van der Waals surface area (Å²) < 4.78 is 3.03. The van der Waals surface area contributed by atoms with Crippen molar-refractivity contribution < 1.29 is 9.59 Å². The third-order valence-corrected chi connectivity index (χ3v) is 8.55. The Morgan fingerprint density at radius 3 is 2.89 bits per heavy atom. The Morgan fingerprint density at radius 2 is 2.00 bits per heavy atom. The molecule has 8 heteroatoms. The molecule has 2 fully saturated rings. The first-order valence-corrected chi connectivity index (χ1v) is 12.7. The third kappa shape index (κ3) is 3.39. The number of fused-ring (bicyclic) bond motifs is 4. The number of nitrogens with one attached hydrogen (secondary N) is 1. The number of thiophene rings is 1. The highest BCUT2D eigenvalue weighted by molar-refractivity contribution is 7.21. The second-order valence-electron chi connectivity index (χ2n) is 9.71. The maximum Gasteiger partial charge on any atom is 0.264 e. The molecule has 2 aliphatic rings. The van der Waals surface area contributed by atoms with E-state index in [1.165, 1.54) is 11.3 Å². The van der Waals surface area contributed by atoms with Crippen LogP contribution in [0.5, 0.6) is 0 Å². The van der Waals surface area contributed by atoms with Crippen LogP contribution in [0.25, 0.3) is 26.6 Å². The van der Waals surface area contributed by atoms with Crippen molar-refractivity contribution in [3.8, 4) is 0 Å². The minimum absolute atomic E-state index is 0.0537. The van der Waals surface area contributed by atoms with Crippen molar-refractivity contribution in [2.45, 2.75) is 31.8 Å². The first-order chi connectivity index (χ1) is 17.1. The standard InChI is InChI=1S/C27H23N5O2S/c33-25(30-15-17-14-29-24-5-1-2-11-31(17)24)21-13-27(8-9-27)16-32(21)26(34)23-12-19-18-4-3-10-28-20(18)6-7-22(19)35-23/h1-7,10-12,14,21H,8-9,13,15-16H2,(H,30,33)/t21-/m0/s1. The molecule has 1 atom stereocenters. The van der Waals surface area contributed by atoms with Gasteiger partial charge in [-0.2, -0.15) is 0 Å². The van der Waals surface area contributed by atoms with Crippen molar-refractivity contribution in [2.24, 2.45) is 5.41 Å². The van der Waals surface area contributed by atoms with Gasteiger partial charge in [0.1, 0.15) is 11.7 Å². The van der Waals surface area contributed by atoms with Gasteiger partial charge in [-0.3, -0.25) is 14.6 Å². The predicted molar refractivity (Wildman–Crippen MR) is 135 cm³/mol. The molecule has 4 aromatic heterocycles. The smallest absolute Gasteiger partial charge is 0.264 e. The second-order valence-corrected chi connectivity index (χ2v) is 10.8. The Bertz CT molecular complexity index is 1630. The maximum atomic E-state index is 13.7. The van der Waals surface area contributed by atoms with Gasteiger partial charge in [0, 0.05) is 34.4 Å². The minimum Gasteiger partial charge on any atom is -0.349 e. The molecule has 5 aromatic rings. The zero-order valence-electron chi connectivity index (χ0n) is 19.0. The van der Waals surface area contributed by atoms with Crippen molar-refractivity contribution in [1.82, 2.24) is 24.6 Å². The topological polar surface area (TPSA) is 79.6 Å². The molecule has 7 rings (SSSR count). The summed E-state index contributed by atoms with van der Waals surface area (Å²) in [4.78, 5) is 38.4. The molecule has 1 aliphatic heterocycles. The number of hydrogen-bond donors (Lipinski definition) is 1. The molecule has 2 amide bonds. The molecule has 7 nitrogen and oxygen atoms in total. The summed E-state index contributed by atoms with van der Waals surface area (Å²) in [7, 11) is 0. The number of hydrogen-bond acceptors (Lipinski definition) is 5. The van der Waals surface area contributed by atoms with Crippen LogP contribution in [-0.4, -0.2) is 43.7 Å². The van der Waals surface area contributed by atoms with Crippen LogP contribution < -0.4 is 5.32 Å². The number of carbonyl (C=O) groups is 2. The zero-order valence-corrected chi connectivity index (χ0v) is 19.8. The number of rotatable bonds is 4. The highest BCUT2D eigenvalue weighted by Gasteiger charge is 2.55. The lowest BCUT2D eigenvalue weighted by atomic mass is 10.0. The van der Waals surface area contributed by atoms with E-state index in [-0.39, 0.29) is 17.2 Å². The van der Waals surface area contributed by atoms with E-state index in [1.54, 1.807) is 12.4 Å². The SMILES string of the molecule is O=C(NCc1cnc2ccccn12)[C@@H]1CC2(CC2)CN1C(=O)c1cc2c(ccc3ncccc32)s1. The fourth-order valence-electron chi connectivity index (χ4n) is 5.37. The largest absolute Gasteiger partial charge is 0.349 e. The van der Waals surface area contributed by atoms with Crippen molar-refractivity contribution in [3.05, 3.63) is 77.7 Å². The van der Waals surface area contributed by atoms with Gasteiger partial charge in [0.05, 0.1) is 28.8 Å². The second kappa shape index (κ2) is 7.61. The summed E-state index contributed by atoms with van der Waals surface area (Å²) in [5.74, 6) is -0.147. The van der Waals surface area contributed by atoms with Gasteiger partial charge in [-0.1, -0.05) is 12.1 Å². The molecule has 1 spiro atoms. The van der Waals surface area contributed by atoms with Gasteiger partial charge < -0.3 is 14.6 Å². The molecule has 174 valence electrons. The van der Waals surface area contributed by atoms with Crippen molar-refractivity contribution in [2.75, 3.05) is 6.54 Å². The van der Waals surface area contributed by atoms with Gasteiger partial charge in [0.15, 0.2) is 0 Å². The number of pyridine rings is 2. The quantitative estimate of drug-likeness (QED) is 0.412. The molecule has 1 N–H and O–H groups in total. The Labute approximate surface area is 205 Å². The molecule has 1 aromatic carbocycles. The molecular weight excluding hydrogens is 458 g/mol. The Kier molecular flexibility index (Phi) is 4.48. The molecule has 0 bridgehead atoms. The molecule has 1 saturated carbocycles. The van der Waals surface area contributed by atoms with Gasteiger partial charge in [-0.15, -0.1) is 11.3 Å². The summed E-state index contributed by atoms with van der Waals surface area (Å²) in [6.07, 6.45) is 8.39. The van der Waals surface area contributed by atoms with E-state index < -0.39 is 6.04 Å². The van der Waals surface area contributed by atoms with Crippen LogP contribution in [0.1, 0.15) is 34.6 Å². The lowest BCUT2D eigenvalue weighted by Gasteiger charge is -2.23. The molecule has 35 heavy (non-hydrogen) atoms. The van der Waals surface area contributed by atoms with Crippen LogP contribution >= 0.6 is 11.3 Å². The molecule has 1 aliphatic carbocycles. The number of likely N-dealkylation sites (tertiary alicyclic amines) is 1. The molecule has 0 unspecified atom stereocenters. The van der Waals surface area contributed by atoms with Gasteiger partial charge in [-0.05, 0) is 61.1 Å². The van der Waals surface area contributed by atoms with E-state index in [4.69, 9.17) is 0 Å². The highest BCUT2D eigenvalue weighted by atomic mass is 32.1. The fourth-order valence-corrected chi connectivity index (χ4v) is 6.41. The number of carbonyl (C=O) groups excluding carboxylic acids is 2. The van der Waals surface area contributed by atoms with Gasteiger partial charge in [-0.25, -0.2) is 4.98 Å². The Balaban J connectivity index is 1.16. The van der Waals surface area contributed by atoms with E-state index >= 15 is 0 Å². The van der Waals surface area contributed by atoms with E-state index in [1.807, 2.05) is 64.0 Å². The van der Waals surface area contributed by atoms with Crippen LogP contribution in [0.2, 0.25) is 0 Å². The first-order valence-electron chi connectivity index (χ1n) is 11.9. The number of imidazole rings is 1. The van der Waals surface area contributed by atoms with Gasteiger partial charge in [0.2, 0.25) is 5.91 Å². The minimum atomic E-state index is -0.451. The summed E-state index contributed by atoms with van der Waals surface area (Å²) in [6.45, 7) is 1.02. The molecular formula is C27H23N5O2S. The summed E-state index contributed by atoms with van der Waals surface area (Å²) in [6, 6.07) is 15.3. The number of amides is 2. The molecule has 5 heterocycles. The average molecular weight is 482 g/mol. The third-order valence-electron chi connectivity index (χ3n) is 7.46. The number of aromatic nitrogens is 3. The first kappa shape index (κ1) is 20.6. The summed E-state index contributed by atoms with van der Waals surface area (Å²) in [5, 5.41) is 5.16. The van der Waals surface area contributed by atoms with Crippen LogP contribution in [0.4, 0.5) is 0 Å². The van der Waals surface area contributed by atoms with E-state index in [0.29, 0.717) is 18.0 Å². The van der Waals surface area contributed by atoms with Gasteiger partial charge >= 0.3 is 0 Å². The van der Waals surface area contributed by atoms with E-state index in [0.717, 1.165) is 51.6 Å². The van der Waals surface area contributed by atoms with Crippen molar-refractivity contribution in [3.63, 3.8) is 0 Å². The van der Waals surface area contributed by atoms with Crippen LogP contribution in [-0.2, 0) is 11.3 Å². The lowest BCUT2D eigenvalue weighted by molar-refractivity contribution is -0.125. The van der Waals surface area contributed by atoms with Crippen LogP contribution in [0.15, 0.2) is 67.1 Å².